The minimum atomic E-state index is -0.715. The van der Waals surface area contributed by atoms with E-state index in [0.29, 0.717) is 32.5 Å². The van der Waals surface area contributed by atoms with Crippen LogP contribution in [0.15, 0.2) is 36.7 Å². The third-order valence-corrected chi connectivity index (χ3v) is 4.95. The van der Waals surface area contributed by atoms with Crippen molar-refractivity contribution in [1.29, 1.82) is 0 Å². The first-order valence-electron chi connectivity index (χ1n) is 9.16. The molecule has 1 saturated heterocycles. The molecule has 6 nitrogen and oxygen atoms in total. The van der Waals surface area contributed by atoms with E-state index in [2.05, 4.69) is 34.5 Å². The van der Waals surface area contributed by atoms with Gasteiger partial charge in [-0.3, -0.25) is 9.89 Å². The van der Waals surface area contributed by atoms with Crippen LogP contribution in [-0.4, -0.2) is 58.0 Å². The molecular weight excluding hydrogens is 330 g/mol. The number of aromatic nitrogens is 2. The molecule has 1 amide bonds. The number of carbonyl (C=O) groups excluding carboxylic acids is 1. The molecule has 1 fully saturated rings. The second-order valence-corrected chi connectivity index (χ2v) is 7.13. The van der Waals surface area contributed by atoms with Crippen LogP contribution < -0.4 is 0 Å². The fourth-order valence-corrected chi connectivity index (χ4v) is 3.41. The average Bonchev–Trinajstić information content (AvgIpc) is 3.17. The van der Waals surface area contributed by atoms with Gasteiger partial charge in [-0.1, -0.05) is 29.8 Å². The molecule has 2 aromatic rings. The van der Waals surface area contributed by atoms with Gasteiger partial charge in [0.15, 0.2) is 0 Å². The van der Waals surface area contributed by atoms with Gasteiger partial charge in [-0.15, -0.1) is 0 Å². The number of H-pyrrole nitrogens is 1. The summed E-state index contributed by atoms with van der Waals surface area (Å²) in [6.45, 7) is 3.42. The number of aryl methyl sites for hydroxylation is 2. The van der Waals surface area contributed by atoms with E-state index in [0.717, 1.165) is 24.0 Å². The topological polar surface area (TPSA) is 78.5 Å². The highest BCUT2D eigenvalue weighted by Gasteiger charge is 2.37. The predicted octanol–water partition coefficient (Wildman–Crippen LogP) is 1.87. The van der Waals surface area contributed by atoms with Crippen LogP contribution in [0.1, 0.15) is 29.5 Å². The summed E-state index contributed by atoms with van der Waals surface area (Å²) >= 11 is 0. The van der Waals surface area contributed by atoms with Crippen molar-refractivity contribution >= 4 is 5.91 Å². The molecule has 26 heavy (non-hydrogen) atoms. The normalized spacial score (nSPS) is 20.3. The number of nitrogens with zero attached hydrogens (tertiary/aromatic N) is 2. The summed E-state index contributed by atoms with van der Waals surface area (Å²) in [6, 6.07) is 8.23. The van der Waals surface area contributed by atoms with Gasteiger partial charge in [0.05, 0.1) is 26.0 Å². The number of hydrogen-bond donors (Lipinski definition) is 2. The van der Waals surface area contributed by atoms with Crippen molar-refractivity contribution in [3.05, 3.63) is 53.3 Å². The van der Waals surface area contributed by atoms with E-state index in [4.69, 9.17) is 4.74 Å². The number of benzene rings is 1. The summed E-state index contributed by atoms with van der Waals surface area (Å²) in [6.07, 6.45) is 6.37. The number of hydrogen-bond acceptors (Lipinski definition) is 4. The Morgan fingerprint density at radius 1 is 1.35 bits per heavy atom. The van der Waals surface area contributed by atoms with Gasteiger partial charge in [0.2, 0.25) is 5.91 Å². The molecule has 0 aliphatic carbocycles. The number of ether oxygens (including phenoxy) is 1. The minimum absolute atomic E-state index is 0.0975. The van der Waals surface area contributed by atoms with E-state index in [9.17, 15) is 9.90 Å². The lowest BCUT2D eigenvalue weighted by molar-refractivity contribution is -0.158. The third kappa shape index (κ3) is 4.71. The maximum Gasteiger partial charge on any atom is 0.222 e. The lowest BCUT2D eigenvalue weighted by Crippen LogP contribution is -2.56. The summed E-state index contributed by atoms with van der Waals surface area (Å²) in [5.41, 5.74) is 2.71. The Kier molecular flexibility index (Phi) is 6.06. The fourth-order valence-electron chi connectivity index (χ4n) is 3.41. The highest BCUT2D eigenvalue weighted by Crippen LogP contribution is 2.24. The van der Waals surface area contributed by atoms with Crippen molar-refractivity contribution in [2.75, 3.05) is 26.3 Å². The average molecular weight is 357 g/mol. The van der Waals surface area contributed by atoms with Crippen LogP contribution in [0.2, 0.25) is 0 Å². The van der Waals surface area contributed by atoms with Crippen molar-refractivity contribution in [1.82, 2.24) is 15.1 Å². The van der Waals surface area contributed by atoms with Crippen LogP contribution in [0, 0.1) is 6.92 Å². The Morgan fingerprint density at radius 2 is 2.15 bits per heavy atom. The molecule has 1 aliphatic rings. The van der Waals surface area contributed by atoms with Gasteiger partial charge < -0.3 is 14.7 Å². The summed E-state index contributed by atoms with van der Waals surface area (Å²) in [5, 5.41) is 16.7. The van der Waals surface area contributed by atoms with Gasteiger partial charge in [0, 0.05) is 25.6 Å². The number of nitrogens with one attached hydrogen (secondary N) is 1. The molecular formula is C20H27N3O3. The Morgan fingerprint density at radius 3 is 2.85 bits per heavy atom. The first-order chi connectivity index (χ1) is 12.6. The van der Waals surface area contributed by atoms with Crippen LogP contribution in [0.5, 0.6) is 0 Å². The standard InChI is InChI=1S/C20H27N3O3/c1-16-5-7-17(8-6-16)11-20(15-24)14-23(9-10-26-20)19(25)4-2-3-18-12-21-22-13-18/h5-8,12-13,24H,2-4,9-11,14-15H2,1H3,(H,21,22). The number of rotatable bonds is 7. The molecule has 0 bridgehead atoms. The van der Waals surface area contributed by atoms with E-state index in [-0.39, 0.29) is 12.5 Å². The van der Waals surface area contributed by atoms with Gasteiger partial charge in [0.1, 0.15) is 5.60 Å². The lowest BCUT2D eigenvalue weighted by atomic mass is 9.92. The predicted molar refractivity (Wildman–Crippen MR) is 98.8 cm³/mol. The molecule has 1 aromatic carbocycles. The van der Waals surface area contributed by atoms with Gasteiger partial charge in [-0.2, -0.15) is 5.10 Å². The van der Waals surface area contributed by atoms with E-state index in [1.165, 1.54) is 5.56 Å². The van der Waals surface area contributed by atoms with Gasteiger partial charge in [-0.25, -0.2) is 0 Å². The fraction of sp³-hybridized carbons (Fsp3) is 0.500. The molecule has 1 unspecified atom stereocenters. The first-order valence-corrected chi connectivity index (χ1v) is 9.16. The largest absolute Gasteiger partial charge is 0.393 e. The van der Waals surface area contributed by atoms with Crippen molar-refractivity contribution in [2.45, 2.75) is 38.2 Å². The highest BCUT2D eigenvalue weighted by molar-refractivity contribution is 5.76. The lowest BCUT2D eigenvalue weighted by Gasteiger charge is -2.42. The molecule has 1 aromatic heterocycles. The summed E-state index contributed by atoms with van der Waals surface area (Å²) < 4.78 is 5.94. The Bertz CT molecular complexity index is 700. The van der Waals surface area contributed by atoms with Crippen LogP contribution >= 0.6 is 0 Å². The molecule has 1 atom stereocenters. The first kappa shape index (κ1) is 18.6. The van der Waals surface area contributed by atoms with E-state index in [1.54, 1.807) is 6.20 Å². The van der Waals surface area contributed by atoms with Gasteiger partial charge in [0.25, 0.3) is 0 Å². The summed E-state index contributed by atoms with van der Waals surface area (Å²) in [7, 11) is 0. The van der Waals surface area contributed by atoms with Crippen molar-refractivity contribution < 1.29 is 14.6 Å². The molecule has 3 rings (SSSR count). The van der Waals surface area contributed by atoms with Crippen molar-refractivity contribution in [3.63, 3.8) is 0 Å². The number of amides is 1. The molecule has 2 heterocycles. The van der Waals surface area contributed by atoms with Crippen LogP contribution in [0.4, 0.5) is 0 Å². The molecule has 1 aliphatic heterocycles. The van der Waals surface area contributed by atoms with Crippen LogP contribution in [0.3, 0.4) is 0 Å². The molecule has 0 radical (unpaired) electrons. The van der Waals surface area contributed by atoms with Crippen LogP contribution in [0.25, 0.3) is 0 Å². The number of morpholine rings is 1. The minimum Gasteiger partial charge on any atom is -0.393 e. The second kappa shape index (κ2) is 8.47. The molecule has 6 heteroatoms. The molecule has 2 N–H and O–H groups in total. The number of aliphatic hydroxyl groups excluding tert-OH is 1. The SMILES string of the molecule is Cc1ccc(CC2(CO)CN(C(=O)CCCc3cn[nH]c3)CCO2)cc1. The second-order valence-electron chi connectivity index (χ2n) is 7.13. The zero-order valence-corrected chi connectivity index (χ0v) is 15.3. The maximum absolute atomic E-state index is 12.6. The van der Waals surface area contributed by atoms with Gasteiger partial charge in [-0.05, 0) is 30.9 Å². The van der Waals surface area contributed by atoms with E-state index in [1.807, 2.05) is 18.0 Å². The monoisotopic (exact) mass is 357 g/mol. The maximum atomic E-state index is 12.6. The molecule has 140 valence electrons. The van der Waals surface area contributed by atoms with Crippen molar-refractivity contribution in [3.8, 4) is 0 Å². The summed E-state index contributed by atoms with van der Waals surface area (Å²) in [5.74, 6) is 0.124. The molecule has 0 spiro atoms. The van der Waals surface area contributed by atoms with Crippen molar-refractivity contribution in [2.24, 2.45) is 0 Å². The molecule has 0 saturated carbocycles. The smallest absolute Gasteiger partial charge is 0.222 e. The highest BCUT2D eigenvalue weighted by atomic mass is 16.5. The van der Waals surface area contributed by atoms with E-state index < -0.39 is 5.60 Å². The quantitative estimate of drug-likeness (QED) is 0.793. The Hall–Kier alpha value is -2.18. The number of aromatic amines is 1. The zero-order valence-electron chi connectivity index (χ0n) is 15.3. The van der Waals surface area contributed by atoms with Crippen LogP contribution in [-0.2, 0) is 22.4 Å². The third-order valence-electron chi connectivity index (χ3n) is 4.95. The number of aliphatic hydroxyl groups is 1. The Balaban J connectivity index is 1.57. The number of carbonyl (C=O) groups is 1. The van der Waals surface area contributed by atoms with E-state index >= 15 is 0 Å². The summed E-state index contributed by atoms with van der Waals surface area (Å²) in [4.78, 5) is 14.4. The Labute approximate surface area is 154 Å². The van der Waals surface area contributed by atoms with Gasteiger partial charge >= 0.3 is 0 Å². The zero-order chi connectivity index (χ0) is 18.4.